The number of aliphatic hydroxyl groups excluding tert-OH is 1. The molecule has 0 bridgehead atoms. The lowest BCUT2D eigenvalue weighted by Gasteiger charge is -2.26. The highest BCUT2D eigenvalue weighted by molar-refractivity contribution is 5.95. The molecule has 0 fully saturated rings. The topological polar surface area (TPSA) is 253 Å². The van der Waals surface area contributed by atoms with E-state index in [0.29, 0.717) is 5.69 Å². The normalized spacial score (nSPS) is 14.8. The van der Waals surface area contributed by atoms with Crippen LogP contribution in [0.1, 0.15) is 31.0 Å². The van der Waals surface area contributed by atoms with Crippen molar-refractivity contribution in [3.8, 4) is 0 Å². The maximum Gasteiger partial charge on any atom is 0.326 e. The van der Waals surface area contributed by atoms with E-state index in [1.165, 1.54) is 19.4 Å². The number of para-hydroxylation sites is 1. The Morgan fingerprint density at radius 3 is 2.29 bits per heavy atom. The van der Waals surface area contributed by atoms with E-state index >= 15 is 0 Å². The molecule has 0 aliphatic rings. The van der Waals surface area contributed by atoms with Crippen molar-refractivity contribution in [1.29, 1.82) is 0 Å². The highest BCUT2D eigenvalue weighted by Gasteiger charge is 2.33. The number of H-pyrrole nitrogens is 2. The van der Waals surface area contributed by atoms with Gasteiger partial charge in [-0.15, -0.1) is 0 Å². The van der Waals surface area contributed by atoms with Gasteiger partial charge in [0, 0.05) is 41.8 Å². The number of hydrogen-bond donors (Lipinski definition) is 9. The Balaban J connectivity index is 1.71. The van der Waals surface area contributed by atoms with Gasteiger partial charge >= 0.3 is 11.9 Å². The zero-order valence-electron chi connectivity index (χ0n) is 22.2. The number of nitrogens with two attached hydrogens (primary N) is 1. The van der Waals surface area contributed by atoms with Crippen LogP contribution >= 0.6 is 0 Å². The number of fused-ring (bicyclic) bond motifs is 1. The summed E-state index contributed by atoms with van der Waals surface area (Å²) in [4.78, 5) is 71.3. The van der Waals surface area contributed by atoms with E-state index in [0.717, 1.165) is 16.5 Å². The van der Waals surface area contributed by atoms with Crippen molar-refractivity contribution in [2.45, 2.75) is 62.9 Å². The number of carboxylic acids is 2. The van der Waals surface area contributed by atoms with E-state index in [9.17, 15) is 34.2 Å². The smallest absolute Gasteiger partial charge is 0.326 e. The van der Waals surface area contributed by atoms with Crippen LogP contribution in [0.3, 0.4) is 0 Å². The number of nitrogens with zero attached hydrogens (tertiary/aromatic N) is 1. The number of carbonyl (C=O) groups excluding carboxylic acids is 3. The molecule has 5 unspecified atom stereocenters. The second kappa shape index (κ2) is 14.0. The minimum absolute atomic E-state index is 0.141. The van der Waals surface area contributed by atoms with E-state index in [1.54, 1.807) is 6.20 Å². The number of carboxylic acid groups (broad SMARTS) is 2. The van der Waals surface area contributed by atoms with Crippen LogP contribution in [-0.2, 0) is 36.8 Å². The average molecular weight is 572 g/mol. The summed E-state index contributed by atoms with van der Waals surface area (Å²) in [5.41, 5.74) is 8.18. The number of aromatic amines is 2. The predicted molar refractivity (Wildman–Crippen MR) is 144 cm³/mol. The van der Waals surface area contributed by atoms with Gasteiger partial charge in [0.2, 0.25) is 17.7 Å². The van der Waals surface area contributed by atoms with Crippen molar-refractivity contribution in [3.05, 3.63) is 54.2 Å². The van der Waals surface area contributed by atoms with Crippen LogP contribution in [0.2, 0.25) is 0 Å². The number of imidazole rings is 1. The van der Waals surface area contributed by atoms with Crippen molar-refractivity contribution < 1.29 is 39.3 Å². The molecule has 5 atom stereocenters. The summed E-state index contributed by atoms with van der Waals surface area (Å²) in [6.07, 6.45) is 2.17. The summed E-state index contributed by atoms with van der Waals surface area (Å²) in [7, 11) is 0. The third-order valence-electron chi connectivity index (χ3n) is 6.39. The monoisotopic (exact) mass is 571 g/mol. The fourth-order valence-corrected chi connectivity index (χ4v) is 4.18. The molecule has 1 aromatic carbocycles. The van der Waals surface area contributed by atoms with E-state index in [-0.39, 0.29) is 19.3 Å². The first-order chi connectivity index (χ1) is 19.5. The lowest BCUT2D eigenvalue weighted by atomic mass is 10.0. The Morgan fingerprint density at radius 1 is 0.951 bits per heavy atom. The Kier molecular flexibility index (Phi) is 10.5. The molecule has 0 saturated carbocycles. The molecule has 3 amide bonds. The lowest BCUT2D eigenvalue weighted by Crippen LogP contribution is -2.60. The van der Waals surface area contributed by atoms with Crippen molar-refractivity contribution in [1.82, 2.24) is 30.9 Å². The Bertz CT molecular complexity index is 1370. The number of nitrogens with one attached hydrogen (secondary N) is 5. The Labute approximate surface area is 233 Å². The third-order valence-corrected chi connectivity index (χ3v) is 6.39. The van der Waals surface area contributed by atoms with Crippen LogP contribution in [0.15, 0.2) is 43.0 Å². The molecule has 15 nitrogen and oxygen atoms in total. The molecule has 2 heterocycles. The second-order valence-corrected chi connectivity index (χ2v) is 9.57. The molecule has 10 N–H and O–H groups in total. The van der Waals surface area contributed by atoms with Gasteiger partial charge in [0.05, 0.1) is 18.5 Å². The summed E-state index contributed by atoms with van der Waals surface area (Å²) in [6.45, 7) is 1.27. The number of rotatable bonds is 15. The van der Waals surface area contributed by atoms with Crippen LogP contribution in [0.25, 0.3) is 10.9 Å². The molecule has 3 aromatic rings. The SMILES string of the molecule is CC(O)C(NC(=O)C(N)Cc1c[nH]c2ccccc12)C(=O)NC(Cc1cnc[nH]1)C(=O)NC(CCC(=O)O)C(=O)O. The summed E-state index contributed by atoms with van der Waals surface area (Å²) in [5, 5.41) is 36.6. The third kappa shape index (κ3) is 8.61. The highest BCUT2D eigenvalue weighted by Crippen LogP contribution is 2.19. The standard InChI is InChI=1S/C26H33N7O8/c1-13(34)22(33-23(37)17(27)8-14-10-29-18-5-3-2-4-16(14)18)25(39)32-20(9-15-11-28-12-30-15)24(38)31-19(26(40)41)6-7-21(35)36/h2-5,10-13,17,19-20,22,29,34H,6-9,27H2,1H3,(H,28,30)(H,31,38)(H,32,39)(H,33,37)(H,35,36)(H,40,41). The predicted octanol–water partition coefficient (Wildman–Crippen LogP) is -1.21. The van der Waals surface area contributed by atoms with E-state index in [4.69, 9.17) is 10.8 Å². The number of aliphatic hydroxyl groups is 1. The van der Waals surface area contributed by atoms with Crippen LogP contribution in [0.5, 0.6) is 0 Å². The molecule has 220 valence electrons. The number of amides is 3. The van der Waals surface area contributed by atoms with Crippen molar-refractivity contribution in [2.24, 2.45) is 5.73 Å². The van der Waals surface area contributed by atoms with Gasteiger partial charge < -0.3 is 47.0 Å². The van der Waals surface area contributed by atoms with Gasteiger partial charge in [0.25, 0.3) is 0 Å². The van der Waals surface area contributed by atoms with Gasteiger partial charge in [-0.05, 0) is 31.4 Å². The lowest BCUT2D eigenvalue weighted by molar-refractivity contribution is -0.143. The number of benzene rings is 1. The largest absolute Gasteiger partial charge is 0.481 e. The van der Waals surface area contributed by atoms with Gasteiger partial charge in [0.1, 0.15) is 18.1 Å². The quantitative estimate of drug-likeness (QED) is 0.105. The highest BCUT2D eigenvalue weighted by atomic mass is 16.4. The molecule has 0 aliphatic heterocycles. The van der Waals surface area contributed by atoms with Crippen molar-refractivity contribution in [3.63, 3.8) is 0 Å². The van der Waals surface area contributed by atoms with E-state index in [2.05, 4.69) is 30.9 Å². The van der Waals surface area contributed by atoms with Gasteiger partial charge in [-0.2, -0.15) is 0 Å². The first-order valence-corrected chi connectivity index (χ1v) is 12.8. The number of aliphatic carboxylic acids is 2. The molecule has 15 heteroatoms. The first-order valence-electron chi connectivity index (χ1n) is 12.8. The maximum atomic E-state index is 13.2. The Morgan fingerprint density at radius 2 is 1.66 bits per heavy atom. The minimum Gasteiger partial charge on any atom is -0.481 e. The Hall–Kier alpha value is -4.76. The zero-order chi connectivity index (χ0) is 30.1. The molecular formula is C26H33N7O8. The molecule has 0 saturated heterocycles. The average Bonchev–Trinajstić information content (AvgIpc) is 3.58. The fourth-order valence-electron chi connectivity index (χ4n) is 4.18. The second-order valence-electron chi connectivity index (χ2n) is 9.57. The number of hydrogen-bond acceptors (Lipinski definition) is 8. The van der Waals surface area contributed by atoms with Crippen molar-refractivity contribution in [2.75, 3.05) is 0 Å². The first kappa shape index (κ1) is 30.8. The fraction of sp³-hybridized carbons (Fsp3) is 0.385. The minimum atomic E-state index is -1.53. The van der Waals surface area contributed by atoms with Gasteiger partial charge in [-0.3, -0.25) is 19.2 Å². The van der Waals surface area contributed by atoms with Crippen LogP contribution in [-0.4, -0.2) is 90.2 Å². The summed E-state index contributed by atoms with van der Waals surface area (Å²) in [5.74, 6) is -5.26. The molecule has 0 radical (unpaired) electrons. The summed E-state index contributed by atoms with van der Waals surface area (Å²) >= 11 is 0. The molecule has 41 heavy (non-hydrogen) atoms. The number of aromatic nitrogens is 3. The molecule has 0 spiro atoms. The van der Waals surface area contributed by atoms with Crippen LogP contribution < -0.4 is 21.7 Å². The van der Waals surface area contributed by atoms with E-state index in [1.807, 2.05) is 24.3 Å². The van der Waals surface area contributed by atoms with Crippen LogP contribution in [0.4, 0.5) is 0 Å². The molecule has 0 aliphatic carbocycles. The molecule has 2 aromatic heterocycles. The summed E-state index contributed by atoms with van der Waals surface area (Å²) < 4.78 is 0. The van der Waals surface area contributed by atoms with Gasteiger partial charge in [-0.25, -0.2) is 9.78 Å². The molecule has 3 rings (SSSR count). The van der Waals surface area contributed by atoms with Gasteiger partial charge in [0.15, 0.2) is 0 Å². The van der Waals surface area contributed by atoms with E-state index < -0.39 is 66.4 Å². The van der Waals surface area contributed by atoms with Gasteiger partial charge in [-0.1, -0.05) is 18.2 Å². The summed E-state index contributed by atoms with van der Waals surface area (Å²) in [6, 6.07) is 1.98. The zero-order valence-corrected chi connectivity index (χ0v) is 22.2. The van der Waals surface area contributed by atoms with Crippen molar-refractivity contribution >= 4 is 40.6 Å². The van der Waals surface area contributed by atoms with Crippen LogP contribution in [0, 0.1) is 0 Å². The maximum absolute atomic E-state index is 13.2. The molecular weight excluding hydrogens is 538 g/mol. The number of carbonyl (C=O) groups is 5.